The van der Waals surface area contributed by atoms with Crippen LogP contribution in [-0.4, -0.2) is 32.5 Å². The van der Waals surface area contributed by atoms with Gasteiger partial charge in [-0.2, -0.15) is 0 Å². The van der Waals surface area contributed by atoms with Gasteiger partial charge in [0.2, 0.25) is 10.0 Å². The number of amides is 1. The number of carbonyl (C=O) groups excluding carboxylic acids is 1. The van der Waals surface area contributed by atoms with Crippen molar-refractivity contribution in [3.05, 3.63) is 29.3 Å². The van der Waals surface area contributed by atoms with Crippen LogP contribution in [-0.2, 0) is 10.0 Å². The average Bonchev–Trinajstić information content (AvgIpc) is 3.22. The molecule has 0 bridgehead atoms. The van der Waals surface area contributed by atoms with Gasteiger partial charge in [-0.15, -0.1) is 0 Å². The zero-order valence-electron chi connectivity index (χ0n) is 14.0. The van der Waals surface area contributed by atoms with Crippen LogP contribution in [0.4, 0.5) is 0 Å². The van der Waals surface area contributed by atoms with Gasteiger partial charge in [-0.3, -0.25) is 4.79 Å². The molecule has 2 aliphatic carbocycles. The standard InChI is InChI=1S/C17H25N3O3S/c1-12-4-7-14(24(22,23)20-13-5-6-13)10-15(12)16(21)19-17(11-18)8-2-3-9-17/h4,7,10,13,20H,2-3,5-6,8-9,11,18H2,1H3,(H,19,21). The number of benzene rings is 1. The number of nitrogens with two attached hydrogens (primary N) is 1. The Bertz CT molecular complexity index is 735. The number of hydrogen-bond donors (Lipinski definition) is 3. The van der Waals surface area contributed by atoms with Gasteiger partial charge in [-0.1, -0.05) is 18.9 Å². The highest BCUT2D eigenvalue weighted by molar-refractivity contribution is 7.89. The molecule has 4 N–H and O–H groups in total. The lowest BCUT2D eigenvalue weighted by atomic mass is 9.96. The first-order chi connectivity index (χ1) is 11.4. The first kappa shape index (κ1) is 17.4. The minimum Gasteiger partial charge on any atom is -0.345 e. The van der Waals surface area contributed by atoms with Crippen molar-refractivity contribution in [2.45, 2.75) is 61.9 Å². The molecule has 0 radical (unpaired) electrons. The lowest BCUT2D eigenvalue weighted by Gasteiger charge is -2.29. The molecular formula is C17H25N3O3S. The summed E-state index contributed by atoms with van der Waals surface area (Å²) < 4.78 is 27.4. The predicted molar refractivity (Wildman–Crippen MR) is 92.2 cm³/mol. The molecule has 6 nitrogen and oxygen atoms in total. The van der Waals surface area contributed by atoms with E-state index in [4.69, 9.17) is 5.73 Å². The number of aryl methyl sites for hydroxylation is 1. The van der Waals surface area contributed by atoms with Crippen LogP contribution in [0.5, 0.6) is 0 Å². The number of rotatable bonds is 6. The van der Waals surface area contributed by atoms with E-state index in [1.807, 2.05) is 6.92 Å². The van der Waals surface area contributed by atoms with Gasteiger partial charge in [0.25, 0.3) is 5.91 Å². The molecule has 24 heavy (non-hydrogen) atoms. The van der Waals surface area contributed by atoms with Crippen molar-refractivity contribution in [3.8, 4) is 0 Å². The third-order valence-electron chi connectivity index (χ3n) is 4.99. The summed E-state index contributed by atoms with van der Waals surface area (Å²) in [4.78, 5) is 12.9. The van der Waals surface area contributed by atoms with Crippen LogP contribution in [0.2, 0.25) is 0 Å². The first-order valence-electron chi connectivity index (χ1n) is 8.51. The number of carbonyl (C=O) groups is 1. The predicted octanol–water partition coefficient (Wildman–Crippen LogP) is 1.44. The highest BCUT2D eigenvalue weighted by Crippen LogP contribution is 2.29. The Morgan fingerprint density at radius 2 is 1.96 bits per heavy atom. The van der Waals surface area contributed by atoms with Crippen molar-refractivity contribution in [1.29, 1.82) is 0 Å². The van der Waals surface area contributed by atoms with Gasteiger partial charge >= 0.3 is 0 Å². The van der Waals surface area contributed by atoms with Crippen LogP contribution in [0, 0.1) is 6.92 Å². The van der Waals surface area contributed by atoms with E-state index in [2.05, 4.69) is 10.0 Å². The highest BCUT2D eigenvalue weighted by atomic mass is 32.2. The summed E-state index contributed by atoms with van der Waals surface area (Å²) in [6, 6.07) is 4.73. The molecule has 7 heteroatoms. The molecule has 2 saturated carbocycles. The Morgan fingerprint density at radius 3 is 2.54 bits per heavy atom. The summed E-state index contributed by atoms with van der Waals surface area (Å²) >= 11 is 0. The third kappa shape index (κ3) is 3.63. The molecule has 0 saturated heterocycles. The summed E-state index contributed by atoms with van der Waals surface area (Å²) in [5.74, 6) is -0.247. The fraction of sp³-hybridized carbons (Fsp3) is 0.588. The van der Waals surface area contributed by atoms with E-state index in [-0.39, 0.29) is 22.4 Å². The number of sulfonamides is 1. The Balaban J connectivity index is 1.84. The lowest BCUT2D eigenvalue weighted by molar-refractivity contribution is 0.0902. The maximum Gasteiger partial charge on any atom is 0.252 e. The van der Waals surface area contributed by atoms with Crippen LogP contribution in [0.15, 0.2) is 23.1 Å². The quantitative estimate of drug-likeness (QED) is 0.722. The molecule has 1 amide bonds. The summed E-state index contributed by atoms with van der Waals surface area (Å²) in [6.45, 7) is 2.21. The van der Waals surface area contributed by atoms with Gasteiger partial charge < -0.3 is 11.1 Å². The number of nitrogens with one attached hydrogen (secondary N) is 2. The maximum absolute atomic E-state index is 12.7. The molecule has 0 spiro atoms. The first-order valence-corrected chi connectivity index (χ1v) is 9.99. The Labute approximate surface area is 143 Å². The summed E-state index contributed by atoms with van der Waals surface area (Å²) in [5.41, 5.74) is 6.67. The molecule has 0 atom stereocenters. The summed E-state index contributed by atoms with van der Waals surface area (Å²) in [5, 5.41) is 3.05. The van der Waals surface area contributed by atoms with Gasteiger partial charge in [0, 0.05) is 18.2 Å². The van der Waals surface area contributed by atoms with E-state index in [9.17, 15) is 13.2 Å². The molecule has 132 valence electrons. The Kier molecular flexibility index (Phi) is 4.68. The largest absolute Gasteiger partial charge is 0.345 e. The summed E-state index contributed by atoms with van der Waals surface area (Å²) in [7, 11) is -3.57. The van der Waals surface area contributed by atoms with Crippen molar-refractivity contribution in [2.24, 2.45) is 5.73 Å². The fourth-order valence-corrected chi connectivity index (χ4v) is 4.57. The molecule has 3 rings (SSSR count). The molecule has 0 aliphatic heterocycles. The number of hydrogen-bond acceptors (Lipinski definition) is 4. The third-order valence-corrected chi connectivity index (χ3v) is 6.51. The molecule has 0 aromatic heterocycles. The second-order valence-electron chi connectivity index (χ2n) is 7.02. The lowest BCUT2D eigenvalue weighted by Crippen LogP contribution is -2.51. The van der Waals surface area contributed by atoms with Crippen molar-refractivity contribution < 1.29 is 13.2 Å². The monoisotopic (exact) mass is 351 g/mol. The highest BCUT2D eigenvalue weighted by Gasteiger charge is 2.35. The molecule has 0 unspecified atom stereocenters. The van der Waals surface area contributed by atoms with Crippen molar-refractivity contribution >= 4 is 15.9 Å². The zero-order chi connectivity index (χ0) is 17.4. The van der Waals surface area contributed by atoms with Gasteiger partial charge in [-0.25, -0.2) is 13.1 Å². The second kappa shape index (κ2) is 6.46. The fourth-order valence-electron chi connectivity index (χ4n) is 3.24. The molecule has 1 aromatic carbocycles. The summed E-state index contributed by atoms with van der Waals surface area (Å²) in [6.07, 6.45) is 5.59. The van der Waals surface area contributed by atoms with Crippen LogP contribution < -0.4 is 15.8 Å². The molecular weight excluding hydrogens is 326 g/mol. The molecule has 2 fully saturated rings. The van der Waals surface area contributed by atoms with E-state index < -0.39 is 10.0 Å². The van der Waals surface area contributed by atoms with E-state index in [0.29, 0.717) is 12.1 Å². The van der Waals surface area contributed by atoms with Crippen molar-refractivity contribution in [3.63, 3.8) is 0 Å². The molecule has 1 aromatic rings. The van der Waals surface area contributed by atoms with Crippen LogP contribution >= 0.6 is 0 Å². The van der Waals surface area contributed by atoms with Crippen molar-refractivity contribution in [2.75, 3.05) is 6.54 Å². The molecule has 2 aliphatic rings. The van der Waals surface area contributed by atoms with Crippen LogP contribution in [0.25, 0.3) is 0 Å². The minimum absolute atomic E-state index is 0.0348. The SMILES string of the molecule is Cc1ccc(S(=O)(=O)NC2CC2)cc1C(=O)NC1(CN)CCCC1. The van der Waals surface area contributed by atoms with E-state index in [0.717, 1.165) is 44.1 Å². The van der Waals surface area contributed by atoms with Gasteiger partial charge in [0.05, 0.1) is 10.4 Å². The average molecular weight is 351 g/mol. The smallest absolute Gasteiger partial charge is 0.252 e. The topological polar surface area (TPSA) is 101 Å². The maximum atomic E-state index is 12.7. The second-order valence-corrected chi connectivity index (χ2v) is 8.73. The van der Waals surface area contributed by atoms with Gasteiger partial charge in [0.15, 0.2) is 0 Å². The van der Waals surface area contributed by atoms with Gasteiger partial charge in [-0.05, 0) is 50.3 Å². The van der Waals surface area contributed by atoms with Crippen molar-refractivity contribution in [1.82, 2.24) is 10.0 Å². The normalized spacial score (nSPS) is 20.1. The van der Waals surface area contributed by atoms with Crippen LogP contribution in [0.1, 0.15) is 54.4 Å². The minimum atomic E-state index is -3.57. The van der Waals surface area contributed by atoms with E-state index in [1.54, 1.807) is 12.1 Å². The zero-order valence-corrected chi connectivity index (χ0v) is 14.8. The van der Waals surface area contributed by atoms with Gasteiger partial charge in [0.1, 0.15) is 0 Å². The van der Waals surface area contributed by atoms with E-state index >= 15 is 0 Å². The Morgan fingerprint density at radius 1 is 1.29 bits per heavy atom. The van der Waals surface area contributed by atoms with E-state index in [1.165, 1.54) is 6.07 Å². The van der Waals surface area contributed by atoms with Crippen LogP contribution in [0.3, 0.4) is 0 Å². The Hall–Kier alpha value is -1.44. The molecule has 0 heterocycles.